The van der Waals surface area contributed by atoms with Crippen LogP contribution in [-0.4, -0.2) is 19.9 Å². The molecule has 110 valence electrons. The van der Waals surface area contributed by atoms with E-state index < -0.39 is 10.7 Å². The van der Waals surface area contributed by atoms with Crippen LogP contribution in [0.1, 0.15) is 11.5 Å². The van der Waals surface area contributed by atoms with Crippen LogP contribution >= 0.6 is 0 Å². The minimum Gasteiger partial charge on any atom is -0.310 e. The van der Waals surface area contributed by atoms with Crippen molar-refractivity contribution in [3.05, 3.63) is 74.3 Å². The van der Waals surface area contributed by atoms with E-state index >= 15 is 0 Å². The normalized spacial score (nSPS) is 10.8. The molecular formula is C14H9FN4O3. The van der Waals surface area contributed by atoms with E-state index in [4.69, 9.17) is 0 Å². The molecule has 0 aliphatic carbocycles. The molecule has 0 saturated carbocycles. The summed E-state index contributed by atoms with van der Waals surface area (Å²) in [6, 6.07) is 6.54. The molecule has 3 aromatic rings. The zero-order valence-electron chi connectivity index (χ0n) is 11.1. The molecule has 2 heterocycles. The smallest absolute Gasteiger partial charge is 0.287 e. The number of aromatic amines is 1. The van der Waals surface area contributed by atoms with Gasteiger partial charge in [0.05, 0.1) is 15.8 Å². The Balaban J connectivity index is 1.96. The van der Waals surface area contributed by atoms with Crippen molar-refractivity contribution >= 4 is 16.6 Å². The van der Waals surface area contributed by atoms with Crippen LogP contribution in [0.5, 0.6) is 0 Å². The highest BCUT2D eigenvalue weighted by Gasteiger charge is 2.09. The molecule has 8 heteroatoms. The molecule has 1 aromatic carbocycles. The fourth-order valence-corrected chi connectivity index (χ4v) is 2.05. The third-order valence-electron chi connectivity index (χ3n) is 3.09. The Bertz CT molecular complexity index is 922. The largest absolute Gasteiger partial charge is 0.310 e. The molecule has 3 rings (SSSR count). The van der Waals surface area contributed by atoms with Gasteiger partial charge in [-0.3, -0.25) is 19.9 Å². The molecule has 0 atom stereocenters. The van der Waals surface area contributed by atoms with Gasteiger partial charge in [-0.1, -0.05) is 0 Å². The van der Waals surface area contributed by atoms with E-state index in [0.717, 1.165) is 6.20 Å². The standard InChI is InChI=1S/C14H9FN4O3/c15-8-1-4-11-12(5-8)17-13(18-14(11)20)6-9-2-3-10(7-16-9)19(21)22/h1-5,7H,6H2,(H,17,18,20). The van der Waals surface area contributed by atoms with Gasteiger partial charge < -0.3 is 4.98 Å². The van der Waals surface area contributed by atoms with Crippen LogP contribution in [0.3, 0.4) is 0 Å². The first-order valence-electron chi connectivity index (χ1n) is 6.31. The number of hydrogen-bond acceptors (Lipinski definition) is 5. The van der Waals surface area contributed by atoms with Crippen LogP contribution < -0.4 is 5.56 Å². The number of halogens is 1. The number of nitrogens with zero attached hydrogens (tertiary/aromatic N) is 3. The predicted octanol–water partition coefficient (Wildman–Crippen LogP) is 1.96. The van der Waals surface area contributed by atoms with E-state index in [2.05, 4.69) is 15.0 Å². The molecule has 0 spiro atoms. The Hall–Kier alpha value is -3.16. The van der Waals surface area contributed by atoms with Crippen LogP contribution in [0.15, 0.2) is 41.3 Å². The van der Waals surface area contributed by atoms with E-state index in [0.29, 0.717) is 16.9 Å². The van der Waals surface area contributed by atoms with E-state index in [1.54, 1.807) is 0 Å². The van der Waals surface area contributed by atoms with Crippen LogP contribution in [0.4, 0.5) is 10.1 Å². The lowest BCUT2D eigenvalue weighted by molar-refractivity contribution is -0.385. The van der Waals surface area contributed by atoms with Gasteiger partial charge in [-0.15, -0.1) is 0 Å². The summed E-state index contributed by atoms with van der Waals surface area (Å²) in [5.74, 6) is -0.172. The number of H-pyrrole nitrogens is 1. The summed E-state index contributed by atoms with van der Waals surface area (Å²) in [7, 11) is 0. The van der Waals surface area contributed by atoms with Crippen molar-refractivity contribution in [3.63, 3.8) is 0 Å². The highest BCUT2D eigenvalue weighted by atomic mass is 19.1. The Kier molecular flexibility index (Phi) is 3.34. The molecule has 0 aliphatic heterocycles. The fourth-order valence-electron chi connectivity index (χ4n) is 2.05. The van der Waals surface area contributed by atoms with Crippen molar-refractivity contribution < 1.29 is 9.31 Å². The maximum Gasteiger partial charge on any atom is 0.287 e. The SMILES string of the molecule is O=c1[nH]c(Cc2ccc([N+](=O)[O-])cn2)nc2cc(F)ccc12. The van der Waals surface area contributed by atoms with Crippen molar-refractivity contribution in [1.82, 2.24) is 15.0 Å². The lowest BCUT2D eigenvalue weighted by Gasteiger charge is -2.03. The monoisotopic (exact) mass is 300 g/mol. The van der Waals surface area contributed by atoms with Crippen LogP contribution in [0.25, 0.3) is 10.9 Å². The van der Waals surface area contributed by atoms with E-state index in [1.165, 1.54) is 30.3 Å². The molecule has 0 amide bonds. The van der Waals surface area contributed by atoms with Crippen LogP contribution in [-0.2, 0) is 6.42 Å². The molecule has 0 radical (unpaired) electrons. The maximum atomic E-state index is 13.2. The number of nitrogens with one attached hydrogen (secondary N) is 1. The van der Waals surface area contributed by atoms with E-state index in [9.17, 15) is 19.3 Å². The van der Waals surface area contributed by atoms with Gasteiger partial charge in [-0.2, -0.15) is 0 Å². The number of rotatable bonds is 3. The fraction of sp³-hybridized carbons (Fsp3) is 0.0714. The van der Waals surface area contributed by atoms with Crippen molar-refractivity contribution in [2.45, 2.75) is 6.42 Å². The second kappa shape index (κ2) is 5.32. The minimum absolute atomic E-state index is 0.120. The third kappa shape index (κ3) is 2.66. The summed E-state index contributed by atoms with van der Waals surface area (Å²) in [4.78, 5) is 32.7. The van der Waals surface area contributed by atoms with Gasteiger partial charge in [-0.05, 0) is 18.2 Å². The topological polar surface area (TPSA) is 102 Å². The summed E-state index contributed by atoms with van der Waals surface area (Å²) >= 11 is 0. The predicted molar refractivity (Wildman–Crippen MR) is 76.0 cm³/mol. The quantitative estimate of drug-likeness (QED) is 0.588. The number of aromatic nitrogens is 3. The lowest BCUT2D eigenvalue weighted by atomic mass is 10.2. The van der Waals surface area contributed by atoms with Crippen LogP contribution in [0, 0.1) is 15.9 Å². The average Bonchev–Trinajstić information content (AvgIpc) is 2.47. The van der Waals surface area contributed by atoms with Gasteiger partial charge in [0.25, 0.3) is 11.2 Å². The minimum atomic E-state index is -0.546. The second-order valence-electron chi connectivity index (χ2n) is 4.62. The molecule has 0 aliphatic rings. The summed E-state index contributed by atoms with van der Waals surface area (Å²) in [6.45, 7) is 0. The van der Waals surface area contributed by atoms with Gasteiger partial charge >= 0.3 is 0 Å². The number of nitro groups is 1. The van der Waals surface area contributed by atoms with Crippen molar-refractivity contribution in [2.24, 2.45) is 0 Å². The molecule has 7 nitrogen and oxygen atoms in total. The number of benzene rings is 1. The summed E-state index contributed by atoms with van der Waals surface area (Å²) in [5.41, 5.74) is 0.262. The number of pyridine rings is 1. The Morgan fingerprint density at radius 3 is 2.77 bits per heavy atom. The van der Waals surface area contributed by atoms with Gasteiger partial charge in [0, 0.05) is 24.2 Å². The zero-order valence-corrected chi connectivity index (χ0v) is 11.1. The summed E-state index contributed by atoms with van der Waals surface area (Å²) < 4.78 is 13.2. The van der Waals surface area contributed by atoms with Gasteiger partial charge in [0.1, 0.15) is 17.8 Å². The first kappa shape index (κ1) is 13.8. The van der Waals surface area contributed by atoms with E-state index in [-0.39, 0.29) is 23.2 Å². The first-order valence-corrected chi connectivity index (χ1v) is 6.31. The number of fused-ring (bicyclic) bond motifs is 1. The molecule has 0 fully saturated rings. The zero-order chi connectivity index (χ0) is 15.7. The summed E-state index contributed by atoms with van der Waals surface area (Å²) in [6.07, 6.45) is 1.31. The summed E-state index contributed by atoms with van der Waals surface area (Å²) in [5, 5.41) is 10.9. The van der Waals surface area contributed by atoms with Crippen molar-refractivity contribution in [1.29, 1.82) is 0 Å². The van der Waals surface area contributed by atoms with Gasteiger partial charge in [-0.25, -0.2) is 9.37 Å². The molecule has 2 aromatic heterocycles. The molecule has 0 bridgehead atoms. The van der Waals surface area contributed by atoms with Gasteiger partial charge in [0.15, 0.2) is 0 Å². The molecule has 22 heavy (non-hydrogen) atoms. The Morgan fingerprint density at radius 1 is 1.27 bits per heavy atom. The molecule has 0 unspecified atom stereocenters. The molecule has 0 saturated heterocycles. The first-order chi connectivity index (χ1) is 10.5. The Labute approximate surface area is 122 Å². The maximum absolute atomic E-state index is 13.2. The highest BCUT2D eigenvalue weighted by molar-refractivity contribution is 5.77. The van der Waals surface area contributed by atoms with Crippen molar-refractivity contribution in [3.8, 4) is 0 Å². The molecular weight excluding hydrogens is 291 g/mol. The Morgan fingerprint density at radius 2 is 2.09 bits per heavy atom. The highest BCUT2D eigenvalue weighted by Crippen LogP contribution is 2.13. The lowest BCUT2D eigenvalue weighted by Crippen LogP contribution is -2.12. The van der Waals surface area contributed by atoms with Gasteiger partial charge in [0.2, 0.25) is 0 Å². The van der Waals surface area contributed by atoms with Crippen LogP contribution in [0.2, 0.25) is 0 Å². The molecule has 1 N–H and O–H groups in total. The second-order valence-corrected chi connectivity index (χ2v) is 4.62. The third-order valence-corrected chi connectivity index (χ3v) is 3.09. The van der Waals surface area contributed by atoms with E-state index in [1.807, 2.05) is 0 Å². The average molecular weight is 300 g/mol. The van der Waals surface area contributed by atoms with Crippen molar-refractivity contribution in [2.75, 3.05) is 0 Å². The number of hydrogen-bond donors (Lipinski definition) is 1.